The van der Waals surface area contributed by atoms with Crippen LogP contribution in [0.4, 0.5) is 0 Å². The lowest BCUT2D eigenvalue weighted by atomic mass is 9.77. The van der Waals surface area contributed by atoms with Crippen LogP contribution in [-0.4, -0.2) is 40.6 Å². The van der Waals surface area contributed by atoms with Crippen LogP contribution in [-0.2, 0) is 18.5 Å². The second-order valence-electron chi connectivity index (χ2n) is 13.4. The number of Topliss-reactive ketones (excluding diaryl/α,β-unsaturated/α-hetero) is 1. The number of aromatic nitrogens is 6. The van der Waals surface area contributed by atoms with Crippen molar-refractivity contribution < 1.29 is 9.90 Å². The van der Waals surface area contributed by atoms with E-state index in [9.17, 15) is 9.90 Å². The number of imidazole rings is 1. The molecule has 0 radical (unpaired) electrons. The number of hydrogen-bond donors (Lipinski definition) is 1. The van der Waals surface area contributed by atoms with Crippen LogP contribution in [0.2, 0.25) is 0 Å². The highest BCUT2D eigenvalue weighted by atomic mass is 16.3. The van der Waals surface area contributed by atoms with E-state index < -0.39 is 11.6 Å². The summed E-state index contributed by atoms with van der Waals surface area (Å²) in [6, 6.07) is 47.8. The highest BCUT2D eigenvalue weighted by Gasteiger charge is 2.42. The molecule has 0 unspecified atom stereocenters. The maximum absolute atomic E-state index is 13.2. The van der Waals surface area contributed by atoms with E-state index >= 15 is 0 Å². The third-order valence-corrected chi connectivity index (χ3v) is 10.2. The average molecular weight is 685 g/mol. The molecule has 8 heteroatoms. The summed E-state index contributed by atoms with van der Waals surface area (Å²) in [5.41, 5.74) is 7.60. The second-order valence-corrected chi connectivity index (χ2v) is 13.4. The third kappa shape index (κ3) is 5.85. The van der Waals surface area contributed by atoms with E-state index in [1.807, 2.05) is 46.5 Å². The molecule has 52 heavy (non-hydrogen) atoms. The molecule has 0 aliphatic heterocycles. The van der Waals surface area contributed by atoms with Gasteiger partial charge in [-0.15, -0.1) is 5.10 Å². The summed E-state index contributed by atoms with van der Waals surface area (Å²) in [5.74, 6) is 1.31. The summed E-state index contributed by atoms with van der Waals surface area (Å²) in [6.45, 7) is 2.39. The Labute approximate surface area is 303 Å². The van der Waals surface area contributed by atoms with Crippen molar-refractivity contribution in [2.24, 2.45) is 0 Å². The van der Waals surface area contributed by atoms with Crippen LogP contribution in [0.3, 0.4) is 0 Å². The molecule has 0 bridgehead atoms. The van der Waals surface area contributed by atoms with Crippen molar-refractivity contribution in [3.8, 4) is 22.5 Å². The first kappa shape index (κ1) is 33.2. The van der Waals surface area contributed by atoms with Crippen LogP contribution < -0.4 is 0 Å². The zero-order chi connectivity index (χ0) is 35.5. The molecule has 7 aromatic rings. The number of carbonyl (C=O) groups is 1. The average Bonchev–Trinajstić information content (AvgIpc) is 3.79. The predicted molar refractivity (Wildman–Crippen MR) is 202 cm³/mol. The van der Waals surface area contributed by atoms with Gasteiger partial charge in [-0.2, -0.15) is 0 Å². The number of carbonyl (C=O) groups excluding carboxylic acids is 1. The van der Waals surface area contributed by atoms with Crippen molar-refractivity contribution >= 4 is 5.78 Å². The monoisotopic (exact) mass is 684 g/mol. The molecule has 258 valence electrons. The molecule has 5 aromatic carbocycles. The lowest BCUT2D eigenvalue weighted by Gasteiger charge is -2.36. The predicted octanol–water partition coefficient (Wildman–Crippen LogP) is 8.44. The third-order valence-electron chi connectivity index (χ3n) is 10.2. The van der Waals surface area contributed by atoms with E-state index in [2.05, 4.69) is 114 Å². The number of fused-ring (bicyclic) bond motifs is 1. The van der Waals surface area contributed by atoms with Gasteiger partial charge in [-0.05, 0) is 69.5 Å². The lowest BCUT2D eigenvalue weighted by molar-refractivity contribution is 0.0971. The van der Waals surface area contributed by atoms with Gasteiger partial charge in [0.05, 0.1) is 5.69 Å². The van der Waals surface area contributed by atoms with E-state index in [4.69, 9.17) is 15.3 Å². The molecule has 0 saturated heterocycles. The molecule has 1 atom stereocenters. The van der Waals surface area contributed by atoms with Crippen LogP contribution in [0.5, 0.6) is 0 Å². The van der Waals surface area contributed by atoms with Crippen molar-refractivity contribution in [1.82, 2.24) is 29.8 Å². The fraction of sp³-hybridized carbons (Fsp3) is 0.205. The molecule has 1 N–H and O–H groups in total. The highest BCUT2D eigenvalue weighted by molar-refractivity contribution is 5.96. The van der Waals surface area contributed by atoms with Gasteiger partial charge < -0.3 is 9.67 Å². The fourth-order valence-corrected chi connectivity index (χ4v) is 7.69. The van der Waals surface area contributed by atoms with Gasteiger partial charge in [0.1, 0.15) is 23.2 Å². The van der Waals surface area contributed by atoms with Crippen LogP contribution in [0.25, 0.3) is 22.5 Å². The molecular weight excluding hydrogens is 645 g/mol. The Bertz CT molecular complexity index is 2200. The Morgan fingerprint density at radius 3 is 1.87 bits per heavy atom. The molecule has 0 spiro atoms. The quantitative estimate of drug-likeness (QED) is 0.115. The van der Waals surface area contributed by atoms with Crippen LogP contribution in [0, 0.1) is 0 Å². The van der Waals surface area contributed by atoms with E-state index in [1.165, 1.54) is 0 Å². The van der Waals surface area contributed by atoms with E-state index in [-0.39, 0.29) is 5.78 Å². The Morgan fingerprint density at radius 1 is 0.712 bits per heavy atom. The van der Waals surface area contributed by atoms with Gasteiger partial charge in [0.2, 0.25) is 0 Å². The summed E-state index contributed by atoms with van der Waals surface area (Å²) in [4.78, 5) is 18.0. The number of benzene rings is 5. The number of nitrogens with zero attached hydrogens (tertiary/aromatic N) is 6. The van der Waals surface area contributed by atoms with Crippen molar-refractivity contribution in [3.63, 3.8) is 0 Å². The van der Waals surface area contributed by atoms with Gasteiger partial charge in [-0.3, -0.25) is 4.79 Å². The molecule has 0 fully saturated rings. The zero-order valence-electron chi connectivity index (χ0n) is 29.1. The van der Waals surface area contributed by atoms with Crippen molar-refractivity contribution in [2.45, 2.75) is 57.2 Å². The molecule has 2 aromatic heterocycles. The number of hydrogen-bond acceptors (Lipinski definition) is 6. The highest BCUT2D eigenvalue weighted by Crippen LogP contribution is 2.43. The normalized spacial score (nSPS) is 13.8. The standard InChI is InChI=1S/C44H40N6O2/c1-2-39(51)43-45-38-24-14-15-25-40(52)41(38)49(43)30-31-26-28-32(29-27-31)36-22-12-13-23-37(36)42-46-47-48-50(42)44(33-16-6-3-7-17-33,34-18-8-4-9-19-34)35-20-10-5-11-21-35/h3-13,16-23,26-29,39,51H,2,14-15,24-25,30H2,1H3/t39-/m0/s1. The molecule has 1 aliphatic carbocycles. The van der Waals surface area contributed by atoms with E-state index in [1.54, 1.807) is 0 Å². The first-order chi connectivity index (χ1) is 25.6. The fourth-order valence-electron chi connectivity index (χ4n) is 7.69. The molecule has 8 rings (SSSR count). The minimum Gasteiger partial charge on any atom is -0.385 e. The minimum absolute atomic E-state index is 0.107. The first-order valence-electron chi connectivity index (χ1n) is 18.0. The SMILES string of the molecule is CC[C@H](O)c1nc2c(n1Cc1ccc(-c3ccccc3-c3nnnn3C(c3ccccc3)(c3ccccc3)c3ccccc3)cc1)C(=O)CCCC2. The lowest BCUT2D eigenvalue weighted by Crippen LogP contribution is -2.39. The maximum atomic E-state index is 13.2. The smallest absolute Gasteiger partial charge is 0.184 e. The van der Waals surface area contributed by atoms with Crippen LogP contribution >= 0.6 is 0 Å². The van der Waals surface area contributed by atoms with Crippen LogP contribution in [0.15, 0.2) is 140 Å². The van der Waals surface area contributed by atoms with Gasteiger partial charge in [0.15, 0.2) is 11.6 Å². The van der Waals surface area contributed by atoms with E-state index in [0.29, 0.717) is 36.7 Å². The Hall–Kier alpha value is -5.99. The molecule has 8 nitrogen and oxygen atoms in total. The summed E-state index contributed by atoms with van der Waals surface area (Å²) in [5, 5.41) is 24.7. The van der Waals surface area contributed by atoms with Gasteiger partial charge in [0, 0.05) is 18.5 Å². The maximum Gasteiger partial charge on any atom is 0.184 e. The number of aliphatic hydroxyl groups excluding tert-OH is 1. The molecule has 1 aliphatic rings. The zero-order valence-corrected chi connectivity index (χ0v) is 29.1. The number of ketones is 1. The summed E-state index contributed by atoms with van der Waals surface area (Å²) in [7, 11) is 0. The Balaban J connectivity index is 1.23. The van der Waals surface area contributed by atoms with Gasteiger partial charge in [-0.25, -0.2) is 9.67 Å². The Kier molecular flexibility index (Phi) is 9.14. The van der Waals surface area contributed by atoms with Crippen molar-refractivity contribution in [2.75, 3.05) is 0 Å². The van der Waals surface area contributed by atoms with Crippen LogP contribution in [0.1, 0.15) is 83.0 Å². The topological polar surface area (TPSA) is 98.7 Å². The molecule has 0 amide bonds. The van der Waals surface area contributed by atoms with Gasteiger partial charge in [-0.1, -0.05) is 146 Å². The number of rotatable bonds is 10. The second kappa shape index (κ2) is 14.3. The van der Waals surface area contributed by atoms with Crippen molar-refractivity contribution in [1.29, 1.82) is 0 Å². The summed E-state index contributed by atoms with van der Waals surface area (Å²) in [6.07, 6.45) is 2.85. The number of aryl methyl sites for hydroxylation is 1. The molecule has 0 saturated carbocycles. The van der Waals surface area contributed by atoms with Gasteiger partial charge >= 0.3 is 0 Å². The number of aliphatic hydroxyl groups is 1. The largest absolute Gasteiger partial charge is 0.385 e. The summed E-state index contributed by atoms with van der Waals surface area (Å²) < 4.78 is 3.91. The Morgan fingerprint density at radius 2 is 1.27 bits per heavy atom. The first-order valence-corrected chi connectivity index (χ1v) is 18.0. The summed E-state index contributed by atoms with van der Waals surface area (Å²) >= 11 is 0. The minimum atomic E-state index is -0.874. The van der Waals surface area contributed by atoms with Crippen molar-refractivity contribution in [3.05, 3.63) is 179 Å². The molecular formula is C44H40N6O2. The van der Waals surface area contributed by atoms with E-state index in [0.717, 1.165) is 63.9 Å². The number of tetrazole rings is 1. The molecule has 2 heterocycles. The van der Waals surface area contributed by atoms with Gasteiger partial charge in [0.25, 0.3) is 0 Å².